The highest BCUT2D eigenvalue weighted by molar-refractivity contribution is 8.00. The van der Waals surface area contributed by atoms with E-state index < -0.39 is 0 Å². The van der Waals surface area contributed by atoms with E-state index in [0.29, 0.717) is 5.92 Å². The summed E-state index contributed by atoms with van der Waals surface area (Å²) in [6.45, 7) is 6.64. The Morgan fingerprint density at radius 3 is 2.52 bits per heavy atom. The number of methoxy groups -OCH3 is 1. The Morgan fingerprint density at radius 1 is 1.09 bits per heavy atom. The number of amides is 1. The highest BCUT2D eigenvalue weighted by Crippen LogP contribution is 2.33. The summed E-state index contributed by atoms with van der Waals surface area (Å²) >= 11 is 1.49. The molecule has 2 aromatic carbocycles. The molecule has 1 aromatic heterocycles. The van der Waals surface area contributed by atoms with E-state index in [4.69, 9.17) is 4.74 Å². The van der Waals surface area contributed by atoms with Gasteiger partial charge in [-0.15, -0.1) is 10.2 Å². The molecule has 6 nitrogen and oxygen atoms in total. The summed E-state index contributed by atoms with van der Waals surface area (Å²) in [5, 5.41) is 9.58. The molecule has 0 saturated carbocycles. The molecule has 174 valence electrons. The van der Waals surface area contributed by atoms with Crippen molar-refractivity contribution in [1.29, 1.82) is 0 Å². The van der Waals surface area contributed by atoms with Crippen LogP contribution in [0.1, 0.15) is 32.3 Å². The molecule has 33 heavy (non-hydrogen) atoms. The van der Waals surface area contributed by atoms with Gasteiger partial charge in [0.25, 0.3) is 0 Å². The van der Waals surface area contributed by atoms with Gasteiger partial charge in [0.1, 0.15) is 5.75 Å². The van der Waals surface area contributed by atoms with E-state index in [9.17, 15) is 4.79 Å². The number of rotatable bonds is 8. The molecule has 1 aliphatic rings. The van der Waals surface area contributed by atoms with Gasteiger partial charge in [-0.2, -0.15) is 0 Å². The smallest absolute Gasteiger partial charge is 0.235 e. The van der Waals surface area contributed by atoms with Crippen LogP contribution in [0.4, 0.5) is 0 Å². The molecule has 0 spiro atoms. The van der Waals surface area contributed by atoms with Crippen molar-refractivity contribution < 1.29 is 9.53 Å². The predicted molar refractivity (Wildman–Crippen MR) is 132 cm³/mol. The van der Waals surface area contributed by atoms with Gasteiger partial charge >= 0.3 is 0 Å². The second kappa shape index (κ2) is 10.9. The molecule has 1 amide bonds. The van der Waals surface area contributed by atoms with Crippen molar-refractivity contribution in [3.8, 4) is 17.1 Å². The van der Waals surface area contributed by atoms with Crippen molar-refractivity contribution in [3.63, 3.8) is 0 Å². The lowest BCUT2D eigenvalue weighted by molar-refractivity contribution is -0.131. The zero-order valence-corrected chi connectivity index (χ0v) is 20.4. The fraction of sp³-hybridized carbons (Fsp3) is 0.423. The largest absolute Gasteiger partial charge is 0.496 e. The van der Waals surface area contributed by atoms with Gasteiger partial charge in [0.05, 0.1) is 17.9 Å². The summed E-state index contributed by atoms with van der Waals surface area (Å²) in [5.74, 6) is 2.40. The average molecular weight is 465 g/mol. The predicted octanol–water partition coefficient (Wildman–Crippen LogP) is 4.94. The van der Waals surface area contributed by atoms with Gasteiger partial charge in [-0.25, -0.2) is 0 Å². The maximum atomic E-state index is 13.1. The summed E-state index contributed by atoms with van der Waals surface area (Å²) in [5.41, 5.74) is 2.15. The molecule has 4 rings (SSSR count). The molecular formula is C26H32N4O2S. The Hall–Kier alpha value is -2.80. The molecule has 1 fully saturated rings. The molecule has 1 saturated heterocycles. The van der Waals surface area contributed by atoms with E-state index in [0.717, 1.165) is 61.2 Å². The standard InChI is InChI=1S/C26H32N4O2S/c1-19-13-16-29(17-14-19)25(31)20(2)33-26-28-27-24(22-11-7-8-12-23(22)32-3)30(26)18-15-21-9-5-4-6-10-21/h4-12,19-20H,13-18H2,1-3H3. The number of hydrogen-bond donors (Lipinski definition) is 0. The maximum absolute atomic E-state index is 13.1. The number of likely N-dealkylation sites (tertiary alicyclic amines) is 1. The van der Waals surface area contributed by atoms with Crippen molar-refractivity contribution in [1.82, 2.24) is 19.7 Å². The number of nitrogens with zero attached hydrogens (tertiary/aromatic N) is 4. The number of thioether (sulfide) groups is 1. The highest BCUT2D eigenvalue weighted by atomic mass is 32.2. The van der Waals surface area contributed by atoms with Crippen molar-refractivity contribution in [2.75, 3.05) is 20.2 Å². The molecule has 7 heteroatoms. The Morgan fingerprint density at radius 2 is 1.79 bits per heavy atom. The van der Waals surface area contributed by atoms with Gasteiger partial charge in [0.2, 0.25) is 5.91 Å². The Bertz CT molecular complexity index is 1060. The second-order valence-electron chi connectivity index (χ2n) is 8.66. The van der Waals surface area contributed by atoms with Crippen LogP contribution in [-0.2, 0) is 17.8 Å². The van der Waals surface area contributed by atoms with Crippen molar-refractivity contribution in [3.05, 3.63) is 60.2 Å². The monoisotopic (exact) mass is 464 g/mol. The number of benzene rings is 2. The van der Waals surface area contributed by atoms with E-state index in [1.54, 1.807) is 7.11 Å². The Labute approximate surface area is 200 Å². The zero-order chi connectivity index (χ0) is 23.2. The first-order valence-corrected chi connectivity index (χ1v) is 12.5. The van der Waals surface area contributed by atoms with Gasteiger partial charge in [0, 0.05) is 19.6 Å². The van der Waals surface area contributed by atoms with E-state index in [-0.39, 0.29) is 11.2 Å². The highest BCUT2D eigenvalue weighted by Gasteiger charge is 2.27. The fourth-order valence-corrected chi connectivity index (χ4v) is 5.15. The van der Waals surface area contributed by atoms with Crippen LogP contribution in [0, 0.1) is 5.92 Å². The number of carbonyl (C=O) groups excluding carboxylic acids is 1. The normalized spacial score (nSPS) is 15.4. The molecular weight excluding hydrogens is 432 g/mol. The average Bonchev–Trinajstić information content (AvgIpc) is 3.25. The molecule has 0 radical (unpaired) electrons. The van der Waals surface area contributed by atoms with E-state index >= 15 is 0 Å². The summed E-state index contributed by atoms with van der Waals surface area (Å²) < 4.78 is 7.71. The van der Waals surface area contributed by atoms with Crippen molar-refractivity contribution >= 4 is 17.7 Å². The molecule has 3 aromatic rings. The van der Waals surface area contributed by atoms with Crippen LogP contribution in [0.2, 0.25) is 0 Å². The Kier molecular flexibility index (Phi) is 7.70. The van der Waals surface area contributed by atoms with Gasteiger partial charge in [-0.1, -0.05) is 61.2 Å². The fourth-order valence-electron chi connectivity index (χ4n) is 4.19. The molecule has 0 bridgehead atoms. The number of hydrogen-bond acceptors (Lipinski definition) is 5. The lowest BCUT2D eigenvalue weighted by Crippen LogP contribution is -2.41. The third-order valence-corrected chi connectivity index (χ3v) is 7.32. The lowest BCUT2D eigenvalue weighted by atomic mass is 9.99. The third-order valence-electron chi connectivity index (χ3n) is 6.26. The van der Waals surface area contributed by atoms with Crippen molar-refractivity contribution in [2.45, 2.75) is 50.1 Å². The summed E-state index contributed by atoms with van der Waals surface area (Å²) in [6.07, 6.45) is 3.00. The van der Waals surface area contributed by atoms with Gasteiger partial charge in [0.15, 0.2) is 11.0 Å². The second-order valence-corrected chi connectivity index (χ2v) is 9.97. The number of aryl methyl sites for hydroxylation is 1. The summed E-state index contributed by atoms with van der Waals surface area (Å²) in [4.78, 5) is 15.1. The van der Waals surface area contributed by atoms with Crippen LogP contribution in [-0.4, -0.2) is 51.0 Å². The minimum absolute atomic E-state index is 0.184. The summed E-state index contributed by atoms with van der Waals surface area (Å²) in [6, 6.07) is 18.2. The molecule has 1 atom stereocenters. The van der Waals surface area contributed by atoms with Crippen LogP contribution in [0.5, 0.6) is 5.75 Å². The van der Waals surface area contributed by atoms with Crippen LogP contribution in [0.25, 0.3) is 11.4 Å². The topological polar surface area (TPSA) is 60.3 Å². The minimum atomic E-state index is -0.219. The maximum Gasteiger partial charge on any atom is 0.235 e. The van der Waals surface area contributed by atoms with E-state index in [1.165, 1.54) is 17.3 Å². The first-order valence-electron chi connectivity index (χ1n) is 11.6. The van der Waals surface area contributed by atoms with E-state index in [1.807, 2.05) is 42.2 Å². The molecule has 2 heterocycles. The number of carbonyl (C=O) groups is 1. The lowest BCUT2D eigenvalue weighted by Gasteiger charge is -2.32. The third kappa shape index (κ3) is 5.58. The number of aromatic nitrogens is 3. The molecule has 0 N–H and O–H groups in total. The molecule has 0 aliphatic carbocycles. The number of para-hydroxylation sites is 1. The quantitative estimate of drug-likeness (QED) is 0.442. The number of piperidine rings is 1. The Balaban J connectivity index is 1.58. The van der Waals surface area contributed by atoms with Gasteiger partial charge in [-0.05, 0) is 49.8 Å². The van der Waals surface area contributed by atoms with E-state index in [2.05, 4.69) is 46.0 Å². The SMILES string of the molecule is COc1ccccc1-c1nnc(SC(C)C(=O)N2CCC(C)CC2)n1CCc1ccccc1. The molecule has 1 unspecified atom stereocenters. The van der Waals surface area contributed by atoms with Crippen LogP contribution in [0.15, 0.2) is 59.8 Å². The number of ether oxygens (including phenoxy) is 1. The molecule has 1 aliphatic heterocycles. The minimum Gasteiger partial charge on any atom is -0.496 e. The van der Waals surface area contributed by atoms with Gasteiger partial charge in [-0.3, -0.25) is 4.79 Å². The van der Waals surface area contributed by atoms with Crippen LogP contribution >= 0.6 is 11.8 Å². The first kappa shape index (κ1) is 23.4. The first-order chi connectivity index (χ1) is 16.1. The van der Waals surface area contributed by atoms with Crippen molar-refractivity contribution in [2.24, 2.45) is 5.92 Å². The van der Waals surface area contributed by atoms with Crippen LogP contribution in [0.3, 0.4) is 0 Å². The zero-order valence-electron chi connectivity index (χ0n) is 19.6. The van der Waals surface area contributed by atoms with Gasteiger partial charge < -0.3 is 14.2 Å². The van der Waals surface area contributed by atoms with Crippen LogP contribution < -0.4 is 4.74 Å². The summed E-state index contributed by atoms with van der Waals surface area (Å²) in [7, 11) is 1.67.